The number of rotatable bonds is 3. The Morgan fingerprint density at radius 3 is 2.50 bits per heavy atom. The molecule has 0 bridgehead atoms. The van der Waals surface area contributed by atoms with E-state index in [1.165, 1.54) is 18.2 Å². The van der Waals surface area contributed by atoms with Crippen LogP contribution in [0.25, 0.3) is 0 Å². The van der Waals surface area contributed by atoms with Gasteiger partial charge in [-0.3, -0.25) is 4.21 Å². The van der Waals surface area contributed by atoms with Gasteiger partial charge in [0.05, 0.1) is 27.9 Å². The third-order valence-corrected chi connectivity index (χ3v) is 3.49. The van der Waals surface area contributed by atoms with E-state index < -0.39 is 29.1 Å². The van der Waals surface area contributed by atoms with Gasteiger partial charge in [-0.05, 0) is 18.2 Å². The number of nitrogens with two attached hydrogens (primary N) is 1. The third-order valence-electron chi connectivity index (χ3n) is 1.81. The Hall–Kier alpha value is -0.750. The van der Waals surface area contributed by atoms with Crippen molar-refractivity contribution in [2.45, 2.75) is 17.5 Å². The summed E-state index contributed by atoms with van der Waals surface area (Å²) >= 11 is 5.67. The molecule has 1 rings (SSSR count). The van der Waals surface area contributed by atoms with Gasteiger partial charge in [0, 0.05) is 10.6 Å². The van der Waals surface area contributed by atoms with Crippen LogP contribution in [0.2, 0.25) is 5.02 Å². The summed E-state index contributed by atoms with van der Waals surface area (Å²) in [6, 6.07) is 4.15. The molecular weight excluding hydrogens is 263 g/mol. The fourth-order valence-corrected chi connectivity index (χ4v) is 2.34. The summed E-state index contributed by atoms with van der Waals surface area (Å²) in [6.07, 6.45) is -5.38. The molecule has 0 aliphatic carbocycles. The molecule has 1 aromatic carbocycles. The Balaban J connectivity index is 2.70. The van der Waals surface area contributed by atoms with Gasteiger partial charge in [0.25, 0.3) is 0 Å². The van der Waals surface area contributed by atoms with E-state index in [4.69, 9.17) is 17.3 Å². The van der Waals surface area contributed by atoms with Crippen LogP contribution in [0.4, 0.5) is 18.9 Å². The normalized spacial score (nSPS) is 13.8. The van der Waals surface area contributed by atoms with Gasteiger partial charge < -0.3 is 5.73 Å². The molecule has 0 saturated heterocycles. The molecule has 0 spiro atoms. The lowest BCUT2D eigenvalue weighted by atomic mass is 10.3. The van der Waals surface area contributed by atoms with Crippen LogP contribution >= 0.6 is 11.6 Å². The van der Waals surface area contributed by atoms with Crippen molar-refractivity contribution in [3.05, 3.63) is 23.2 Å². The summed E-state index contributed by atoms with van der Waals surface area (Å²) in [5.74, 6) is -0.469. The molecule has 1 aromatic rings. The molecule has 1 unspecified atom stereocenters. The van der Waals surface area contributed by atoms with E-state index in [2.05, 4.69) is 0 Å². The zero-order chi connectivity index (χ0) is 12.3. The highest BCUT2D eigenvalue weighted by atomic mass is 35.5. The van der Waals surface area contributed by atoms with Gasteiger partial charge in [-0.1, -0.05) is 11.6 Å². The molecule has 0 heterocycles. The molecular formula is C9H9ClF3NOS. The van der Waals surface area contributed by atoms with Crippen molar-refractivity contribution >= 4 is 28.1 Å². The Kier molecular flexibility index (Phi) is 4.21. The van der Waals surface area contributed by atoms with Crippen molar-refractivity contribution in [2.75, 3.05) is 11.5 Å². The predicted molar refractivity (Wildman–Crippen MR) is 57.8 cm³/mol. The number of benzene rings is 1. The number of anilines is 1. The van der Waals surface area contributed by atoms with E-state index in [0.29, 0.717) is 5.69 Å². The van der Waals surface area contributed by atoms with Gasteiger partial charge in [-0.25, -0.2) is 0 Å². The van der Waals surface area contributed by atoms with Crippen LogP contribution in [0.1, 0.15) is 6.42 Å². The van der Waals surface area contributed by atoms with Gasteiger partial charge >= 0.3 is 6.18 Å². The second-order valence-corrected chi connectivity index (χ2v) is 5.08. The maximum absolute atomic E-state index is 11.9. The van der Waals surface area contributed by atoms with Crippen molar-refractivity contribution in [3.63, 3.8) is 0 Å². The summed E-state index contributed by atoms with van der Waals surface area (Å²) in [5, 5.41) is 0.192. The SMILES string of the molecule is Nc1ccc(S(=O)CCC(F)(F)F)cc1Cl. The maximum atomic E-state index is 11.9. The number of halogens is 4. The van der Waals surface area contributed by atoms with Crippen LogP contribution in [-0.4, -0.2) is 16.1 Å². The summed E-state index contributed by atoms with van der Waals surface area (Å²) in [6.45, 7) is 0. The largest absolute Gasteiger partial charge is 0.398 e. The van der Waals surface area contributed by atoms with Crippen molar-refractivity contribution in [1.82, 2.24) is 0 Å². The predicted octanol–water partition coefficient (Wildman–Crippen LogP) is 2.98. The molecule has 0 aromatic heterocycles. The second kappa shape index (κ2) is 5.05. The monoisotopic (exact) mass is 271 g/mol. The van der Waals surface area contributed by atoms with Gasteiger partial charge in [0.15, 0.2) is 0 Å². The highest BCUT2D eigenvalue weighted by Crippen LogP contribution is 2.24. The van der Waals surface area contributed by atoms with Crippen LogP contribution < -0.4 is 5.73 Å². The number of hydrogen-bond acceptors (Lipinski definition) is 2. The average Bonchev–Trinajstić information content (AvgIpc) is 2.17. The minimum atomic E-state index is -4.30. The highest BCUT2D eigenvalue weighted by molar-refractivity contribution is 7.85. The number of alkyl halides is 3. The van der Waals surface area contributed by atoms with E-state index in [9.17, 15) is 17.4 Å². The van der Waals surface area contributed by atoms with E-state index in [1.807, 2.05) is 0 Å². The Labute approximate surface area is 98.0 Å². The van der Waals surface area contributed by atoms with E-state index >= 15 is 0 Å². The van der Waals surface area contributed by atoms with Crippen molar-refractivity contribution in [2.24, 2.45) is 0 Å². The van der Waals surface area contributed by atoms with Crippen LogP contribution in [0.3, 0.4) is 0 Å². The molecule has 2 nitrogen and oxygen atoms in total. The molecule has 1 atom stereocenters. The van der Waals surface area contributed by atoms with E-state index in [-0.39, 0.29) is 9.92 Å². The van der Waals surface area contributed by atoms with Crippen molar-refractivity contribution < 1.29 is 17.4 Å². The molecule has 16 heavy (non-hydrogen) atoms. The van der Waals surface area contributed by atoms with Gasteiger partial charge in [-0.2, -0.15) is 13.2 Å². The lowest BCUT2D eigenvalue weighted by molar-refractivity contribution is -0.129. The lowest BCUT2D eigenvalue weighted by Gasteiger charge is -2.07. The minimum absolute atomic E-state index is 0.192. The van der Waals surface area contributed by atoms with Crippen LogP contribution in [0.5, 0.6) is 0 Å². The molecule has 0 aliphatic heterocycles. The number of nitrogen functional groups attached to an aromatic ring is 1. The first-order valence-corrected chi connectivity index (χ1v) is 5.99. The summed E-state index contributed by atoms with van der Waals surface area (Å²) in [4.78, 5) is 0.253. The molecule has 0 saturated carbocycles. The standard InChI is InChI=1S/C9H9ClF3NOS/c10-7-5-6(1-2-8(7)14)16(15)4-3-9(11,12)13/h1-2,5H,3-4,14H2. The Morgan fingerprint density at radius 1 is 1.38 bits per heavy atom. The third kappa shape index (κ3) is 4.02. The first-order chi connectivity index (χ1) is 7.29. The maximum Gasteiger partial charge on any atom is 0.390 e. The Bertz CT molecular complexity index is 408. The molecule has 2 N–H and O–H groups in total. The summed E-state index contributed by atoms with van der Waals surface area (Å²) < 4.78 is 47.2. The van der Waals surface area contributed by atoms with Crippen molar-refractivity contribution in [3.8, 4) is 0 Å². The molecule has 0 aliphatic rings. The zero-order valence-electron chi connectivity index (χ0n) is 8.05. The number of hydrogen-bond donors (Lipinski definition) is 1. The Morgan fingerprint density at radius 2 is 2.00 bits per heavy atom. The first kappa shape index (κ1) is 13.3. The summed E-state index contributed by atoms with van der Waals surface area (Å²) in [7, 11) is -1.71. The molecule has 0 fully saturated rings. The minimum Gasteiger partial charge on any atom is -0.398 e. The zero-order valence-corrected chi connectivity index (χ0v) is 9.62. The molecule has 90 valence electrons. The average molecular weight is 272 g/mol. The first-order valence-electron chi connectivity index (χ1n) is 4.30. The van der Waals surface area contributed by atoms with Gasteiger partial charge in [0.1, 0.15) is 0 Å². The quantitative estimate of drug-likeness (QED) is 0.859. The van der Waals surface area contributed by atoms with E-state index in [0.717, 1.165) is 0 Å². The fourth-order valence-electron chi connectivity index (χ4n) is 0.976. The molecule has 7 heteroatoms. The van der Waals surface area contributed by atoms with Crippen LogP contribution in [-0.2, 0) is 10.8 Å². The molecule has 0 amide bonds. The topological polar surface area (TPSA) is 43.1 Å². The smallest absolute Gasteiger partial charge is 0.390 e. The van der Waals surface area contributed by atoms with Crippen molar-refractivity contribution in [1.29, 1.82) is 0 Å². The van der Waals surface area contributed by atoms with Crippen LogP contribution in [0, 0.1) is 0 Å². The van der Waals surface area contributed by atoms with Crippen LogP contribution in [0.15, 0.2) is 23.1 Å². The molecule has 0 radical (unpaired) electrons. The lowest BCUT2D eigenvalue weighted by Crippen LogP contribution is -2.12. The van der Waals surface area contributed by atoms with Gasteiger partial charge in [-0.15, -0.1) is 0 Å². The second-order valence-electron chi connectivity index (χ2n) is 3.10. The summed E-state index contributed by atoms with van der Waals surface area (Å²) in [5.41, 5.74) is 5.73. The van der Waals surface area contributed by atoms with E-state index in [1.54, 1.807) is 0 Å². The fraction of sp³-hybridized carbons (Fsp3) is 0.333. The van der Waals surface area contributed by atoms with Gasteiger partial charge in [0.2, 0.25) is 0 Å². The highest BCUT2D eigenvalue weighted by Gasteiger charge is 2.27.